The van der Waals surface area contributed by atoms with Crippen LogP contribution in [0.1, 0.15) is 35.4 Å². The summed E-state index contributed by atoms with van der Waals surface area (Å²) >= 11 is 3.56. The predicted octanol–water partition coefficient (Wildman–Crippen LogP) is 5.33. The smallest absolute Gasteiger partial charge is 0.269 e. The van der Waals surface area contributed by atoms with Gasteiger partial charge in [-0.25, -0.2) is 5.01 Å². The largest absolute Gasteiger partial charge is 0.464 e. The number of nitrogens with zero attached hydrogens (tertiary/aromatic N) is 3. The van der Waals surface area contributed by atoms with Crippen molar-refractivity contribution in [3.8, 4) is 17.2 Å². The van der Waals surface area contributed by atoms with E-state index in [-0.39, 0.29) is 18.5 Å². The first-order valence-electron chi connectivity index (χ1n) is 10.0. The van der Waals surface area contributed by atoms with E-state index in [1.165, 1.54) is 12.1 Å². The van der Waals surface area contributed by atoms with E-state index in [0.29, 0.717) is 12.2 Å². The van der Waals surface area contributed by atoms with E-state index < -0.39 is 11.2 Å². The van der Waals surface area contributed by atoms with Gasteiger partial charge in [-0.3, -0.25) is 10.1 Å². The van der Waals surface area contributed by atoms with Crippen LogP contribution >= 0.6 is 15.9 Å². The van der Waals surface area contributed by atoms with Crippen molar-refractivity contribution in [2.75, 3.05) is 6.79 Å². The van der Waals surface area contributed by atoms with Crippen LogP contribution in [0.15, 0.2) is 70.2 Å². The zero-order chi connectivity index (χ0) is 21.8. The zero-order valence-corrected chi connectivity index (χ0v) is 18.2. The number of hydrogen-bond donors (Lipinski definition) is 0. The van der Waals surface area contributed by atoms with Gasteiger partial charge in [0, 0.05) is 39.7 Å². The number of non-ortho nitro benzene ring substituents is 1. The normalized spacial score (nSPS) is 20.3. The quantitative estimate of drug-likeness (QED) is 0.362. The van der Waals surface area contributed by atoms with Crippen molar-refractivity contribution in [1.82, 2.24) is 5.01 Å². The highest BCUT2D eigenvalue weighted by Gasteiger charge is 2.41. The van der Waals surface area contributed by atoms with Crippen molar-refractivity contribution >= 4 is 27.3 Å². The molecule has 0 aliphatic carbocycles. The van der Waals surface area contributed by atoms with Crippen LogP contribution in [0, 0.1) is 10.1 Å². The lowest BCUT2D eigenvalue weighted by atomic mass is 9.95. The molecule has 0 aromatic heterocycles. The van der Waals surface area contributed by atoms with E-state index in [1.807, 2.05) is 35.3 Å². The lowest BCUT2D eigenvalue weighted by molar-refractivity contribution is -0.384. The second kappa shape index (κ2) is 7.23. The standard InChI is InChI=1S/C23H16BrN3O5/c24-15-4-8-20-17(10-15)19-11-18(14-3-7-21-22(9-14)31-12-30-21)25-26(19)23(32-20)13-1-5-16(6-2-13)27(28)29/h1-10,19,23H,11-12H2/t19-,23+/m0/s1. The van der Waals surface area contributed by atoms with E-state index in [4.69, 9.17) is 19.3 Å². The van der Waals surface area contributed by atoms with Crippen LogP contribution in [-0.4, -0.2) is 22.4 Å². The first-order chi connectivity index (χ1) is 15.6. The first kappa shape index (κ1) is 19.1. The van der Waals surface area contributed by atoms with Gasteiger partial charge < -0.3 is 14.2 Å². The molecule has 0 saturated carbocycles. The Balaban J connectivity index is 1.42. The number of fused-ring (bicyclic) bond motifs is 4. The molecule has 0 unspecified atom stereocenters. The molecule has 2 atom stereocenters. The topological polar surface area (TPSA) is 86.4 Å². The summed E-state index contributed by atoms with van der Waals surface area (Å²) in [5.74, 6) is 2.22. The monoisotopic (exact) mass is 493 g/mol. The average molecular weight is 494 g/mol. The van der Waals surface area contributed by atoms with Gasteiger partial charge in [-0.2, -0.15) is 5.10 Å². The molecule has 6 rings (SSSR count). The number of hydrogen-bond acceptors (Lipinski definition) is 7. The lowest BCUT2D eigenvalue weighted by Gasteiger charge is -2.38. The summed E-state index contributed by atoms with van der Waals surface area (Å²) in [6.45, 7) is 0.220. The zero-order valence-electron chi connectivity index (χ0n) is 16.6. The Morgan fingerprint density at radius 2 is 1.78 bits per heavy atom. The maximum atomic E-state index is 11.1. The molecular formula is C23H16BrN3O5. The summed E-state index contributed by atoms with van der Waals surface area (Å²) in [5.41, 5.74) is 3.75. The van der Waals surface area contributed by atoms with Crippen molar-refractivity contribution in [3.63, 3.8) is 0 Å². The van der Waals surface area contributed by atoms with Gasteiger partial charge in [0.15, 0.2) is 11.5 Å². The van der Waals surface area contributed by atoms with E-state index in [9.17, 15) is 10.1 Å². The molecule has 0 amide bonds. The molecule has 0 fully saturated rings. The van der Waals surface area contributed by atoms with E-state index >= 15 is 0 Å². The summed E-state index contributed by atoms with van der Waals surface area (Å²) in [7, 11) is 0. The van der Waals surface area contributed by atoms with Crippen molar-refractivity contribution in [3.05, 3.63) is 91.9 Å². The molecule has 160 valence electrons. The van der Waals surface area contributed by atoms with Crippen molar-refractivity contribution in [2.45, 2.75) is 18.7 Å². The van der Waals surface area contributed by atoms with Gasteiger partial charge in [0.05, 0.1) is 16.7 Å². The van der Waals surface area contributed by atoms with Crippen LogP contribution in [0.5, 0.6) is 17.2 Å². The van der Waals surface area contributed by atoms with Gasteiger partial charge >= 0.3 is 0 Å². The number of benzene rings is 3. The summed E-state index contributed by atoms with van der Waals surface area (Å²) < 4.78 is 18.3. The Labute approximate surface area is 191 Å². The van der Waals surface area contributed by atoms with Crippen molar-refractivity contribution < 1.29 is 19.1 Å². The molecule has 3 aromatic carbocycles. The maximum absolute atomic E-state index is 11.1. The van der Waals surface area contributed by atoms with E-state index in [0.717, 1.165) is 38.4 Å². The average Bonchev–Trinajstić information content (AvgIpc) is 3.45. The molecule has 3 aliphatic rings. The molecule has 0 bridgehead atoms. The number of halogens is 1. The van der Waals surface area contributed by atoms with Gasteiger partial charge in [-0.1, -0.05) is 15.9 Å². The SMILES string of the molecule is O=[N+]([O-])c1ccc([C@H]2Oc3ccc(Br)cc3[C@@H]3CC(c4ccc5c(c4)OCO5)=NN23)cc1. The third-order valence-corrected chi connectivity index (χ3v) is 6.34. The Kier molecular flexibility index (Phi) is 4.32. The number of nitro benzene ring substituents is 1. The number of rotatable bonds is 3. The molecule has 0 N–H and O–H groups in total. The minimum Gasteiger partial charge on any atom is -0.464 e. The highest BCUT2D eigenvalue weighted by Crippen LogP contribution is 2.48. The Morgan fingerprint density at radius 3 is 2.59 bits per heavy atom. The van der Waals surface area contributed by atoms with Crippen LogP contribution in [0.3, 0.4) is 0 Å². The molecular weight excluding hydrogens is 478 g/mol. The van der Waals surface area contributed by atoms with Gasteiger partial charge in [0.25, 0.3) is 5.69 Å². The third kappa shape index (κ3) is 3.08. The Hall–Kier alpha value is -3.59. The number of nitro groups is 1. The van der Waals surface area contributed by atoms with Gasteiger partial charge in [-0.05, 0) is 48.5 Å². The Bertz CT molecular complexity index is 1280. The maximum Gasteiger partial charge on any atom is 0.269 e. The fraction of sp³-hybridized carbons (Fsp3) is 0.174. The summed E-state index contributed by atoms with van der Waals surface area (Å²) in [6.07, 6.45) is 0.191. The van der Waals surface area contributed by atoms with Crippen LogP contribution in [-0.2, 0) is 0 Å². The second-order valence-electron chi connectivity index (χ2n) is 7.72. The number of ether oxygens (including phenoxy) is 3. The van der Waals surface area contributed by atoms with Gasteiger partial charge in [0.1, 0.15) is 5.75 Å². The van der Waals surface area contributed by atoms with Crippen molar-refractivity contribution in [1.29, 1.82) is 0 Å². The lowest BCUT2D eigenvalue weighted by Crippen LogP contribution is -2.33. The van der Waals surface area contributed by atoms with Crippen LogP contribution in [0.25, 0.3) is 0 Å². The molecule has 0 radical (unpaired) electrons. The highest BCUT2D eigenvalue weighted by molar-refractivity contribution is 9.10. The Morgan fingerprint density at radius 1 is 1.00 bits per heavy atom. The van der Waals surface area contributed by atoms with E-state index in [2.05, 4.69) is 22.0 Å². The molecule has 3 aliphatic heterocycles. The van der Waals surface area contributed by atoms with Crippen LogP contribution in [0.4, 0.5) is 5.69 Å². The highest BCUT2D eigenvalue weighted by atomic mass is 79.9. The summed E-state index contributed by atoms with van der Waals surface area (Å²) in [5, 5.41) is 17.9. The fourth-order valence-corrected chi connectivity index (χ4v) is 4.67. The minimum atomic E-state index is -0.499. The molecule has 8 nitrogen and oxygen atoms in total. The fourth-order valence-electron chi connectivity index (χ4n) is 4.29. The van der Waals surface area contributed by atoms with Gasteiger partial charge in [-0.15, -0.1) is 0 Å². The summed E-state index contributed by atoms with van der Waals surface area (Å²) in [4.78, 5) is 10.7. The van der Waals surface area contributed by atoms with Crippen LogP contribution in [0.2, 0.25) is 0 Å². The third-order valence-electron chi connectivity index (χ3n) is 5.85. The molecule has 0 saturated heterocycles. The molecule has 3 aromatic rings. The molecule has 3 heterocycles. The minimum absolute atomic E-state index is 0.0307. The van der Waals surface area contributed by atoms with Crippen molar-refractivity contribution in [2.24, 2.45) is 5.10 Å². The van der Waals surface area contributed by atoms with E-state index in [1.54, 1.807) is 12.1 Å². The van der Waals surface area contributed by atoms with Crippen LogP contribution < -0.4 is 14.2 Å². The molecule has 9 heteroatoms. The second-order valence-corrected chi connectivity index (χ2v) is 8.63. The molecule has 0 spiro atoms. The van der Waals surface area contributed by atoms with Gasteiger partial charge in [0.2, 0.25) is 13.0 Å². The molecule has 32 heavy (non-hydrogen) atoms. The first-order valence-corrected chi connectivity index (χ1v) is 10.8. The predicted molar refractivity (Wildman–Crippen MR) is 119 cm³/mol. The number of hydrazone groups is 1. The summed E-state index contributed by atoms with van der Waals surface area (Å²) in [6, 6.07) is 18.1.